The van der Waals surface area contributed by atoms with Crippen LogP contribution in [0.2, 0.25) is 0 Å². The van der Waals surface area contributed by atoms with Crippen LogP contribution >= 0.6 is 0 Å². The highest BCUT2D eigenvalue weighted by Crippen LogP contribution is 2.71. The Morgan fingerprint density at radius 3 is 2.37 bits per heavy atom. The summed E-state index contributed by atoms with van der Waals surface area (Å²) in [5, 5.41) is 10.3. The molecule has 0 radical (unpaired) electrons. The van der Waals surface area contributed by atoms with Crippen molar-refractivity contribution in [1.29, 1.82) is 0 Å². The van der Waals surface area contributed by atoms with Crippen molar-refractivity contribution in [2.45, 2.75) is 105 Å². The van der Waals surface area contributed by atoms with Crippen molar-refractivity contribution < 1.29 is 9.90 Å². The smallest absolute Gasteiger partial charge is 0.310 e. The molecule has 8 atom stereocenters. The van der Waals surface area contributed by atoms with Gasteiger partial charge >= 0.3 is 5.97 Å². The van der Waals surface area contributed by atoms with E-state index in [1.54, 1.807) is 5.57 Å². The normalized spacial score (nSPS) is 52.2. The molecule has 0 aromatic heterocycles. The highest BCUT2D eigenvalue weighted by molar-refractivity contribution is 5.76. The molecule has 1 N–H and O–H groups in total. The van der Waals surface area contributed by atoms with Crippen LogP contribution in [-0.4, -0.2) is 11.1 Å². The first-order chi connectivity index (χ1) is 14.0. The molecule has 2 nitrogen and oxygen atoms in total. The van der Waals surface area contributed by atoms with Gasteiger partial charge in [0, 0.05) is 0 Å². The molecule has 0 amide bonds. The van der Waals surface area contributed by atoms with Gasteiger partial charge in [-0.3, -0.25) is 4.79 Å². The van der Waals surface area contributed by atoms with E-state index in [2.05, 4.69) is 40.7 Å². The molecular weight excluding hydrogens is 368 g/mol. The first-order valence-electron chi connectivity index (χ1n) is 13.0. The lowest BCUT2D eigenvalue weighted by atomic mass is 9.37. The molecule has 5 aliphatic carbocycles. The second kappa shape index (κ2) is 6.61. The van der Waals surface area contributed by atoms with Gasteiger partial charge in [-0.25, -0.2) is 0 Å². The van der Waals surface area contributed by atoms with E-state index in [-0.39, 0.29) is 0 Å². The highest BCUT2D eigenvalue weighted by atomic mass is 16.4. The summed E-state index contributed by atoms with van der Waals surface area (Å²) >= 11 is 0. The van der Waals surface area contributed by atoms with Crippen molar-refractivity contribution in [3.05, 3.63) is 11.6 Å². The second-order valence-electron chi connectivity index (χ2n) is 13.4. The number of hydrogen-bond donors (Lipinski definition) is 1. The van der Waals surface area contributed by atoms with Crippen molar-refractivity contribution in [3.63, 3.8) is 0 Å². The van der Waals surface area contributed by atoms with Crippen molar-refractivity contribution >= 4 is 5.97 Å². The Balaban J connectivity index is 1.54. The summed E-state index contributed by atoms with van der Waals surface area (Å²) in [5.41, 5.74) is 2.42. The molecule has 0 aliphatic heterocycles. The Hall–Kier alpha value is -0.790. The minimum atomic E-state index is -0.504. The van der Waals surface area contributed by atoms with E-state index >= 15 is 0 Å². The van der Waals surface area contributed by atoms with Gasteiger partial charge in [0.2, 0.25) is 0 Å². The summed E-state index contributed by atoms with van der Waals surface area (Å²) in [6.07, 6.45) is 15.8. The first kappa shape index (κ1) is 21.1. The summed E-state index contributed by atoms with van der Waals surface area (Å²) in [6, 6.07) is 0. The average molecular weight is 413 g/mol. The lowest BCUT2D eigenvalue weighted by molar-refractivity contribution is -0.168. The molecule has 0 heterocycles. The number of rotatable bonds is 1. The molecule has 5 rings (SSSR count). The molecule has 0 bridgehead atoms. The van der Waals surface area contributed by atoms with Crippen LogP contribution in [0.5, 0.6) is 0 Å². The van der Waals surface area contributed by atoms with Crippen LogP contribution in [0.4, 0.5) is 0 Å². The van der Waals surface area contributed by atoms with E-state index in [0.717, 1.165) is 43.9 Å². The topological polar surface area (TPSA) is 37.3 Å². The van der Waals surface area contributed by atoms with E-state index in [1.807, 2.05) is 0 Å². The van der Waals surface area contributed by atoms with Crippen LogP contribution in [0.25, 0.3) is 0 Å². The Labute approximate surface area is 184 Å². The van der Waals surface area contributed by atoms with Crippen molar-refractivity contribution in [1.82, 2.24) is 0 Å². The van der Waals surface area contributed by atoms with Crippen LogP contribution in [0, 0.1) is 51.2 Å². The van der Waals surface area contributed by atoms with Crippen molar-refractivity contribution in [2.75, 3.05) is 0 Å². The Morgan fingerprint density at radius 1 is 0.900 bits per heavy atom. The van der Waals surface area contributed by atoms with E-state index in [1.165, 1.54) is 38.5 Å². The van der Waals surface area contributed by atoms with Crippen molar-refractivity contribution in [3.8, 4) is 0 Å². The van der Waals surface area contributed by atoms with Crippen LogP contribution in [0.15, 0.2) is 11.6 Å². The van der Waals surface area contributed by atoms with Crippen molar-refractivity contribution in [2.24, 2.45) is 51.2 Å². The van der Waals surface area contributed by atoms with Gasteiger partial charge in [-0.1, -0.05) is 52.7 Å². The molecule has 5 aliphatic rings. The van der Waals surface area contributed by atoms with Gasteiger partial charge in [0.15, 0.2) is 0 Å². The van der Waals surface area contributed by atoms with E-state index in [9.17, 15) is 9.90 Å². The quantitative estimate of drug-likeness (QED) is 0.453. The third kappa shape index (κ3) is 2.64. The van der Waals surface area contributed by atoms with Gasteiger partial charge in [-0.05, 0) is 110 Å². The Kier molecular flexibility index (Phi) is 4.64. The molecule has 8 unspecified atom stereocenters. The van der Waals surface area contributed by atoms with Crippen LogP contribution < -0.4 is 0 Å². The van der Waals surface area contributed by atoms with Gasteiger partial charge in [0.05, 0.1) is 5.41 Å². The predicted molar refractivity (Wildman–Crippen MR) is 122 cm³/mol. The van der Waals surface area contributed by atoms with Crippen LogP contribution in [0.1, 0.15) is 105 Å². The minimum absolute atomic E-state index is 0.295. The standard InChI is InChI=1S/C28H44O2/c1-18-9-15-28(24(29)30)16-10-20-19(21(28)17-18)7-8-23-26(20,4)14-11-22-25(2,3)12-6-13-27(22,23)5/h7,18,20-23H,6,8-17H2,1-5H3,(H,29,30). The fourth-order valence-corrected chi connectivity index (χ4v) is 10.2. The summed E-state index contributed by atoms with van der Waals surface area (Å²) in [5.74, 6) is 2.71. The molecule has 0 spiro atoms. The molecule has 168 valence electrons. The maximum atomic E-state index is 12.5. The lowest BCUT2D eigenvalue weighted by Gasteiger charge is -2.67. The number of carboxylic acids is 1. The summed E-state index contributed by atoms with van der Waals surface area (Å²) in [6.45, 7) is 12.7. The number of hydrogen-bond acceptors (Lipinski definition) is 1. The van der Waals surface area contributed by atoms with Gasteiger partial charge in [0.1, 0.15) is 0 Å². The summed E-state index contributed by atoms with van der Waals surface area (Å²) < 4.78 is 0. The number of carboxylic acid groups (broad SMARTS) is 1. The zero-order chi connectivity index (χ0) is 21.5. The molecule has 0 aromatic carbocycles. The van der Waals surface area contributed by atoms with E-state index in [4.69, 9.17) is 0 Å². The fourth-order valence-electron chi connectivity index (χ4n) is 10.2. The number of aliphatic carboxylic acids is 1. The third-order valence-electron chi connectivity index (χ3n) is 11.7. The average Bonchev–Trinajstić information content (AvgIpc) is 2.66. The van der Waals surface area contributed by atoms with Gasteiger partial charge < -0.3 is 5.11 Å². The van der Waals surface area contributed by atoms with Gasteiger partial charge in [-0.2, -0.15) is 0 Å². The predicted octanol–water partition coefficient (Wildman–Crippen LogP) is 7.48. The van der Waals surface area contributed by atoms with E-state index in [0.29, 0.717) is 34.0 Å². The number of carbonyl (C=O) groups is 1. The Morgan fingerprint density at radius 2 is 1.63 bits per heavy atom. The summed E-state index contributed by atoms with van der Waals surface area (Å²) in [7, 11) is 0. The van der Waals surface area contributed by atoms with Gasteiger partial charge in [0.25, 0.3) is 0 Å². The second-order valence-corrected chi connectivity index (χ2v) is 13.4. The monoisotopic (exact) mass is 412 g/mol. The maximum absolute atomic E-state index is 12.5. The van der Waals surface area contributed by atoms with Crippen LogP contribution in [-0.2, 0) is 4.79 Å². The Bertz CT molecular complexity index is 765. The largest absolute Gasteiger partial charge is 0.481 e. The molecule has 2 heteroatoms. The molecular formula is C28H44O2. The summed E-state index contributed by atoms with van der Waals surface area (Å²) in [4.78, 5) is 12.5. The minimum Gasteiger partial charge on any atom is -0.481 e. The van der Waals surface area contributed by atoms with Gasteiger partial charge in [-0.15, -0.1) is 0 Å². The lowest BCUT2D eigenvalue weighted by Crippen LogP contribution is -2.60. The molecule has 0 saturated heterocycles. The maximum Gasteiger partial charge on any atom is 0.310 e. The van der Waals surface area contributed by atoms with Crippen LogP contribution in [0.3, 0.4) is 0 Å². The number of allylic oxidation sites excluding steroid dienone is 2. The zero-order valence-corrected chi connectivity index (χ0v) is 20.1. The first-order valence-corrected chi connectivity index (χ1v) is 13.0. The number of fused-ring (bicyclic) bond motifs is 7. The van der Waals surface area contributed by atoms with E-state index < -0.39 is 11.4 Å². The zero-order valence-electron chi connectivity index (χ0n) is 20.1. The molecule has 4 saturated carbocycles. The highest BCUT2D eigenvalue weighted by Gasteiger charge is 2.64. The molecule has 30 heavy (non-hydrogen) atoms. The fraction of sp³-hybridized carbons (Fsp3) is 0.893. The SMILES string of the molecule is CC1CCC2(C(=O)O)CCC3C(=CCC4C3(C)CCC3C(C)(C)CCCC34C)C2C1. The molecule has 4 fully saturated rings. The third-order valence-corrected chi connectivity index (χ3v) is 11.7. The molecule has 0 aromatic rings.